The Hall–Kier alpha value is -0.860. The van der Waals surface area contributed by atoms with Crippen molar-refractivity contribution >= 4 is 0 Å². The van der Waals surface area contributed by atoms with E-state index in [9.17, 15) is 0 Å². The lowest BCUT2D eigenvalue weighted by Crippen LogP contribution is -2.12. The largest absolute Gasteiger partial charge is 0.372 e. The highest BCUT2D eigenvalue weighted by Gasteiger charge is 2.08. The summed E-state index contributed by atoms with van der Waals surface area (Å²) in [5.41, 5.74) is 8.05. The smallest absolute Gasteiger partial charge is 0.0822 e. The van der Waals surface area contributed by atoms with Gasteiger partial charge in [-0.2, -0.15) is 0 Å². The second-order valence-corrected chi connectivity index (χ2v) is 3.65. The SMILES string of the molecule is CCc1ccc([C@@H](CC)OCCN)cc1. The summed E-state index contributed by atoms with van der Waals surface area (Å²) in [6.45, 7) is 5.52. The van der Waals surface area contributed by atoms with Gasteiger partial charge >= 0.3 is 0 Å². The monoisotopic (exact) mass is 207 g/mol. The van der Waals surface area contributed by atoms with Gasteiger partial charge in [-0.15, -0.1) is 0 Å². The minimum absolute atomic E-state index is 0.194. The van der Waals surface area contributed by atoms with Crippen LogP contribution in [0.15, 0.2) is 24.3 Å². The maximum atomic E-state index is 5.67. The second-order valence-electron chi connectivity index (χ2n) is 3.65. The van der Waals surface area contributed by atoms with Crippen molar-refractivity contribution in [2.24, 2.45) is 5.73 Å². The molecule has 1 aromatic carbocycles. The van der Waals surface area contributed by atoms with Crippen molar-refractivity contribution in [1.82, 2.24) is 0 Å². The van der Waals surface area contributed by atoms with Gasteiger partial charge in [-0.25, -0.2) is 0 Å². The van der Waals surface area contributed by atoms with Gasteiger partial charge in [0.25, 0.3) is 0 Å². The summed E-state index contributed by atoms with van der Waals surface area (Å²) in [6, 6.07) is 8.65. The highest BCUT2D eigenvalue weighted by atomic mass is 16.5. The quantitative estimate of drug-likeness (QED) is 0.778. The Morgan fingerprint density at radius 3 is 2.33 bits per heavy atom. The summed E-state index contributed by atoms with van der Waals surface area (Å²) < 4.78 is 5.67. The number of nitrogens with two attached hydrogens (primary N) is 1. The van der Waals surface area contributed by atoms with Gasteiger partial charge in [0.1, 0.15) is 0 Å². The first-order valence-electron chi connectivity index (χ1n) is 5.72. The average molecular weight is 207 g/mol. The van der Waals surface area contributed by atoms with E-state index in [4.69, 9.17) is 10.5 Å². The van der Waals surface area contributed by atoms with Crippen molar-refractivity contribution in [3.8, 4) is 0 Å². The van der Waals surface area contributed by atoms with E-state index < -0.39 is 0 Å². The molecule has 0 aliphatic rings. The van der Waals surface area contributed by atoms with Gasteiger partial charge in [0.2, 0.25) is 0 Å². The summed E-state index contributed by atoms with van der Waals surface area (Å²) in [7, 11) is 0. The number of rotatable bonds is 6. The average Bonchev–Trinajstić information content (AvgIpc) is 2.31. The van der Waals surface area contributed by atoms with E-state index in [0.717, 1.165) is 12.8 Å². The highest BCUT2D eigenvalue weighted by Crippen LogP contribution is 2.21. The van der Waals surface area contributed by atoms with Gasteiger partial charge < -0.3 is 10.5 Å². The van der Waals surface area contributed by atoms with E-state index in [2.05, 4.69) is 38.1 Å². The molecule has 1 aromatic rings. The fourth-order valence-electron chi connectivity index (χ4n) is 1.63. The van der Waals surface area contributed by atoms with Crippen LogP contribution in [0.25, 0.3) is 0 Å². The molecule has 0 aliphatic heterocycles. The van der Waals surface area contributed by atoms with Crippen LogP contribution in [0, 0.1) is 0 Å². The molecule has 0 amide bonds. The van der Waals surface area contributed by atoms with Gasteiger partial charge in [-0.05, 0) is 24.0 Å². The molecule has 84 valence electrons. The fourth-order valence-corrected chi connectivity index (χ4v) is 1.63. The zero-order valence-electron chi connectivity index (χ0n) is 9.70. The first-order chi connectivity index (χ1) is 7.31. The highest BCUT2D eigenvalue weighted by molar-refractivity contribution is 5.24. The summed E-state index contributed by atoms with van der Waals surface area (Å²) in [4.78, 5) is 0. The molecule has 15 heavy (non-hydrogen) atoms. The predicted molar refractivity (Wildman–Crippen MR) is 63.9 cm³/mol. The molecule has 2 N–H and O–H groups in total. The van der Waals surface area contributed by atoms with E-state index in [-0.39, 0.29) is 6.10 Å². The maximum Gasteiger partial charge on any atom is 0.0822 e. The second kappa shape index (κ2) is 6.59. The molecule has 0 radical (unpaired) electrons. The molecule has 0 unspecified atom stereocenters. The van der Waals surface area contributed by atoms with Gasteiger partial charge in [-0.3, -0.25) is 0 Å². The molecule has 0 aliphatic carbocycles. The van der Waals surface area contributed by atoms with Gasteiger partial charge in [0.15, 0.2) is 0 Å². The summed E-state index contributed by atoms with van der Waals surface area (Å²) in [5.74, 6) is 0. The Morgan fingerprint density at radius 1 is 1.20 bits per heavy atom. The number of benzene rings is 1. The molecule has 0 fully saturated rings. The van der Waals surface area contributed by atoms with Crippen molar-refractivity contribution < 1.29 is 4.74 Å². The molecular formula is C13H21NO. The van der Waals surface area contributed by atoms with Crippen LogP contribution in [0.4, 0.5) is 0 Å². The number of hydrogen-bond acceptors (Lipinski definition) is 2. The minimum Gasteiger partial charge on any atom is -0.372 e. The normalized spacial score (nSPS) is 12.7. The number of aryl methyl sites for hydroxylation is 1. The summed E-state index contributed by atoms with van der Waals surface area (Å²) in [5, 5.41) is 0. The Labute approximate surface area is 92.4 Å². The van der Waals surface area contributed by atoms with Crippen molar-refractivity contribution in [3.63, 3.8) is 0 Å². The third kappa shape index (κ3) is 3.65. The van der Waals surface area contributed by atoms with Crippen LogP contribution in [0.5, 0.6) is 0 Å². The van der Waals surface area contributed by atoms with Crippen LogP contribution in [0.2, 0.25) is 0 Å². The van der Waals surface area contributed by atoms with Crippen LogP contribution in [-0.4, -0.2) is 13.2 Å². The summed E-state index contributed by atoms with van der Waals surface area (Å²) >= 11 is 0. The maximum absolute atomic E-state index is 5.67. The Kier molecular flexibility index (Phi) is 5.37. The molecule has 0 saturated heterocycles. The van der Waals surface area contributed by atoms with Gasteiger partial charge in [0.05, 0.1) is 12.7 Å². The van der Waals surface area contributed by atoms with Gasteiger partial charge in [-0.1, -0.05) is 38.1 Å². The zero-order valence-corrected chi connectivity index (χ0v) is 9.70. The van der Waals surface area contributed by atoms with Crippen molar-refractivity contribution in [3.05, 3.63) is 35.4 Å². The Balaban J connectivity index is 2.65. The zero-order chi connectivity index (χ0) is 11.1. The number of ether oxygens (including phenoxy) is 1. The molecule has 1 rings (SSSR count). The van der Waals surface area contributed by atoms with Crippen LogP contribution in [0.3, 0.4) is 0 Å². The van der Waals surface area contributed by atoms with E-state index in [1.807, 2.05) is 0 Å². The third-order valence-electron chi connectivity index (χ3n) is 2.57. The molecule has 2 heteroatoms. The van der Waals surface area contributed by atoms with Crippen molar-refractivity contribution in [2.45, 2.75) is 32.8 Å². The van der Waals surface area contributed by atoms with Crippen LogP contribution in [0.1, 0.15) is 37.5 Å². The van der Waals surface area contributed by atoms with Crippen LogP contribution in [-0.2, 0) is 11.2 Å². The van der Waals surface area contributed by atoms with E-state index in [1.165, 1.54) is 11.1 Å². The molecule has 0 saturated carbocycles. The molecule has 0 aromatic heterocycles. The van der Waals surface area contributed by atoms with E-state index in [0.29, 0.717) is 13.2 Å². The van der Waals surface area contributed by atoms with E-state index in [1.54, 1.807) is 0 Å². The first kappa shape index (κ1) is 12.2. The standard InChI is InChI=1S/C13H21NO/c1-3-11-5-7-12(8-6-11)13(4-2)15-10-9-14/h5-8,13H,3-4,9-10,14H2,1-2H3/t13-/m1/s1. The minimum atomic E-state index is 0.194. The lowest BCUT2D eigenvalue weighted by atomic mass is 10.0. The lowest BCUT2D eigenvalue weighted by Gasteiger charge is -2.16. The van der Waals surface area contributed by atoms with Crippen molar-refractivity contribution in [1.29, 1.82) is 0 Å². The number of hydrogen-bond donors (Lipinski definition) is 1. The van der Waals surface area contributed by atoms with Crippen LogP contribution >= 0.6 is 0 Å². The molecule has 1 atom stereocenters. The molecule has 0 bridgehead atoms. The summed E-state index contributed by atoms with van der Waals surface area (Å²) in [6.07, 6.45) is 2.27. The molecule has 2 nitrogen and oxygen atoms in total. The molecule has 0 heterocycles. The fraction of sp³-hybridized carbons (Fsp3) is 0.538. The van der Waals surface area contributed by atoms with Gasteiger partial charge in [0, 0.05) is 6.54 Å². The topological polar surface area (TPSA) is 35.2 Å². The first-order valence-corrected chi connectivity index (χ1v) is 5.72. The molecule has 0 spiro atoms. The van der Waals surface area contributed by atoms with Crippen molar-refractivity contribution in [2.75, 3.05) is 13.2 Å². The predicted octanol–water partition coefficient (Wildman–Crippen LogP) is 2.68. The molecular weight excluding hydrogens is 186 g/mol. The lowest BCUT2D eigenvalue weighted by molar-refractivity contribution is 0.0556. The van der Waals surface area contributed by atoms with E-state index >= 15 is 0 Å². The Bertz CT molecular complexity index is 268. The Morgan fingerprint density at radius 2 is 1.87 bits per heavy atom. The van der Waals surface area contributed by atoms with Crippen LogP contribution < -0.4 is 5.73 Å². The third-order valence-corrected chi connectivity index (χ3v) is 2.57.